The summed E-state index contributed by atoms with van der Waals surface area (Å²) in [6.07, 6.45) is 4.81. The molecule has 2 nitrogen and oxygen atoms in total. The Morgan fingerprint density at radius 2 is 2.05 bits per heavy atom. The second kappa shape index (κ2) is 8.11. The predicted octanol–water partition coefficient (Wildman–Crippen LogP) is 4.11. The van der Waals surface area contributed by atoms with E-state index in [4.69, 9.17) is 0 Å². The maximum atomic E-state index is 13.8. The van der Waals surface area contributed by atoms with Crippen molar-refractivity contribution in [1.29, 1.82) is 0 Å². The van der Waals surface area contributed by atoms with E-state index in [0.29, 0.717) is 10.5 Å². The first-order valence-corrected chi connectivity index (χ1v) is 8.41. The molecule has 1 atom stereocenters. The predicted molar refractivity (Wildman–Crippen MR) is 85.4 cm³/mol. The number of hydrogen-bond acceptors (Lipinski definition) is 2. The summed E-state index contributed by atoms with van der Waals surface area (Å²) in [5.74, 6) is -0.155. The number of piperazine rings is 1. The van der Waals surface area contributed by atoms with E-state index in [1.54, 1.807) is 6.07 Å². The molecule has 0 unspecified atom stereocenters. The van der Waals surface area contributed by atoms with Crippen molar-refractivity contribution in [3.05, 3.63) is 34.1 Å². The Morgan fingerprint density at radius 3 is 2.70 bits per heavy atom. The zero-order chi connectivity index (χ0) is 14.4. The zero-order valence-corrected chi connectivity index (χ0v) is 13.8. The Bertz CT molecular complexity index is 419. The SMILES string of the molecule is CCCCC[C@H](c1ccc(Br)c(F)c1)N1CCNCC1. The largest absolute Gasteiger partial charge is 0.314 e. The van der Waals surface area contributed by atoms with Crippen molar-refractivity contribution in [3.8, 4) is 0 Å². The first-order valence-electron chi connectivity index (χ1n) is 7.62. The van der Waals surface area contributed by atoms with Gasteiger partial charge < -0.3 is 5.32 Å². The van der Waals surface area contributed by atoms with Gasteiger partial charge in [-0.25, -0.2) is 4.39 Å². The topological polar surface area (TPSA) is 15.3 Å². The molecule has 0 amide bonds. The zero-order valence-electron chi connectivity index (χ0n) is 12.2. The average molecular weight is 343 g/mol. The summed E-state index contributed by atoms with van der Waals surface area (Å²) in [6.45, 7) is 6.38. The van der Waals surface area contributed by atoms with Gasteiger partial charge in [0.15, 0.2) is 0 Å². The van der Waals surface area contributed by atoms with Crippen LogP contribution >= 0.6 is 15.9 Å². The number of hydrogen-bond donors (Lipinski definition) is 1. The molecule has 0 aromatic heterocycles. The highest BCUT2D eigenvalue weighted by Gasteiger charge is 2.22. The summed E-state index contributed by atoms with van der Waals surface area (Å²) < 4.78 is 14.4. The Labute approximate surface area is 129 Å². The standard InChI is InChI=1S/C16H24BrFN2/c1-2-3-4-5-16(20-10-8-19-9-11-20)13-6-7-14(17)15(18)12-13/h6-7,12,16,19H,2-5,8-11H2,1H3/t16-/m1/s1. The third kappa shape index (κ3) is 4.27. The third-order valence-electron chi connectivity index (χ3n) is 4.00. The Morgan fingerprint density at radius 1 is 1.30 bits per heavy atom. The van der Waals surface area contributed by atoms with Gasteiger partial charge in [-0.05, 0) is 40.0 Å². The van der Waals surface area contributed by atoms with Gasteiger partial charge in [-0.15, -0.1) is 0 Å². The van der Waals surface area contributed by atoms with E-state index in [1.807, 2.05) is 6.07 Å². The van der Waals surface area contributed by atoms with Crippen LogP contribution in [0.3, 0.4) is 0 Å². The lowest BCUT2D eigenvalue weighted by Gasteiger charge is -2.35. The van der Waals surface area contributed by atoms with Crippen molar-refractivity contribution in [1.82, 2.24) is 10.2 Å². The molecule has 1 saturated heterocycles. The molecule has 1 heterocycles. The molecule has 1 aromatic rings. The normalized spacial score (nSPS) is 18.1. The van der Waals surface area contributed by atoms with Gasteiger partial charge in [0.2, 0.25) is 0 Å². The van der Waals surface area contributed by atoms with Crippen molar-refractivity contribution in [3.63, 3.8) is 0 Å². The lowest BCUT2D eigenvalue weighted by Crippen LogP contribution is -2.45. The lowest BCUT2D eigenvalue weighted by atomic mass is 9.98. The first-order chi connectivity index (χ1) is 9.72. The summed E-state index contributed by atoms with van der Waals surface area (Å²) in [7, 11) is 0. The van der Waals surface area contributed by atoms with Crippen molar-refractivity contribution >= 4 is 15.9 Å². The summed E-state index contributed by atoms with van der Waals surface area (Å²) in [5.41, 5.74) is 1.11. The number of rotatable bonds is 6. The van der Waals surface area contributed by atoms with Crippen LogP contribution in [0.5, 0.6) is 0 Å². The highest BCUT2D eigenvalue weighted by atomic mass is 79.9. The van der Waals surface area contributed by atoms with Crippen LogP contribution in [0.2, 0.25) is 0 Å². The second-order valence-electron chi connectivity index (χ2n) is 5.47. The van der Waals surface area contributed by atoms with Crippen molar-refractivity contribution in [2.75, 3.05) is 26.2 Å². The van der Waals surface area contributed by atoms with E-state index in [2.05, 4.69) is 39.1 Å². The number of nitrogens with one attached hydrogen (secondary N) is 1. The fraction of sp³-hybridized carbons (Fsp3) is 0.625. The van der Waals surface area contributed by atoms with E-state index in [-0.39, 0.29) is 5.82 Å². The summed E-state index contributed by atoms with van der Waals surface area (Å²) in [5, 5.41) is 3.39. The highest BCUT2D eigenvalue weighted by molar-refractivity contribution is 9.10. The van der Waals surface area contributed by atoms with Gasteiger partial charge in [0.05, 0.1) is 4.47 Å². The van der Waals surface area contributed by atoms with E-state index in [1.165, 1.54) is 19.3 Å². The molecule has 0 saturated carbocycles. The average Bonchev–Trinajstić information content (AvgIpc) is 2.48. The van der Waals surface area contributed by atoms with Crippen LogP contribution in [0.1, 0.15) is 44.2 Å². The molecule has 0 spiro atoms. The molecule has 4 heteroatoms. The minimum Gasteiger partial charge on any atom is -0.314 e. The minimum absolute atomic E-state index is 0.155. The van der Waals surface area contributed by atoms with Crippen molar-refractivity contribution < 1.29 is 4.39 Å². The molecular formula is C16H24BrFN2. The molecule has 0 aliphatic carbocycles. The first kappa shape index (κ1) is 15.9. The van der Waals surface area contributed by atoms with Crippen LogP contribution in [0, 0.1) is 5.82 Å². The number of benzene rings is 1. The minimum atomic E-state index is -0.155. The molecule has 1 fully saturated rings. The van der Waals surface area contributed by atoms with E-state index in [9.17, 15) is 4.39 Å². The molecule has 0 radical (unpaired) electrons. The van der Waals surface area contributed by atoms with Gasteiger partial charge in [-0.1, -0.05) is 32.3 Å². The van der Waals surface area contributed by atoms with Gasteiger partial charge >= 0.3 is 0 Å². The van der Waals surface area contributed by atoms with E-state index in [0.717, 1.165) is 38.2 Å². The number of halogens is 2. The summed E-state index contributed by atoms with van der Waals surface area (Å²) in [4.78, 5) is 2.49. The highest BCUT2D eigenvalue weighted by Crippen LogP contribution is 2.29. The van der Waals surface area contributed by atoms with Gasteiger partial charge in [-0.3, -0.25) is 4.90 Å². The molecule has 0 bridgehead atoms. The maximum Gasteiger partial charge on any atom is 0.137 e. The van der Waals surface area contributed by atoms with Crippen LogP contribution in [0.25, 0.3) is 0 Å². The molecule has 1 aliphatic rings. The lowest BCUT2D eigenvalue weighted by molar-refractivity contribution is 0.162. The van der Waals surface area contributed by atoms with Crippen LogP contribution in [-0.2, 0) is 0 Å². The Kier molecular flexibility index (Phi) is 6.46. The Balaban J connectivity index is 2.12. The fourth-order valence-electron chi connectivity index (χ4n) is 2.86. The molecule has 1 N–H and O–H groups in total. The monoisotopic (exact) mass is 342 g/mol. The van der Waals surface area contributed by atoms with Gasteiger partial charge in [0.1, 0.15) is 5.82 Å². The van der Waals surface area contributed by atoms with Crippen molar-refractivity contribution in [2.24, 2.45) is 0 Å². The van der Waals surface area contributed by atoms with Crippen LogP contribution in [-0.4, -0.2) is 31.1 Å². The maximum absolute atomic E-state index is 13.8. The van der Waals surface area contributed by atoms with E-state index < -0.39 is 0 Å². The van der Waals surface area contributed by atoms with E-state index >= 15 is 0 Å². The quantitative estimate of drug-likeness (QED) is 0.782. The molecule has 2 rings (SSSR count). The fourth-order valence-corrected chi connectivity index (χ4v) is 3.11. The molecular weight excluding hydrogens is 319 g/mol. The molecule has 112 valence electrons. The number of nitrogens with zero attached hydrogens (tertiary/aromatic N) is 1. The van der Waals surface area contributed by atoms with Crippen LogP contribution in [0.15, 0.2) is 22.7 Å². The van der Waals surface area contributed by atoms with Crippen molar-refractivity contribution in [2.45, 2.75) is 38.6 Å². The summed E-state index contributed by atoms with van der Waals surface area (Å²) in [6, 6.07) is 5.94. The van der Waals surface area contributed by atoms with Gasteiger partial charge in [0.25, 0.3) is 0 Å². The number of unbranched alkanes of at least 4 members (excludes halogenated alkanes) is 2. The van der Waals surface area contributed by atoms with Crippen LogP contribution < -0.4 is 5.32 Å². The molecule has 1 aromatic carbocycles. The van der Waals surface area contributed by atoms with Crippen LogP contribution in [0.4, 0.5) is 4.39 Å². The summed E-state index contributed by atoms with van der Waals surface area (Å²) >= 11 is 3.24. The van der Waals surface area contributed by atoms with Gasteiger partial charge in [0, 0.05) is 32.2 Å². The third-order valence-corrected chi connectivity index (χ3v) is 4.65. The molecule has 1 aliphatic heterocycles. The second-order valence-corrected chi connectivity index (χ2v) is 6.33. The Hall–Kier alpha value is -0.450. The van der Waals surface area contributed by atoms with Gasteiger partial charge in [-0.2, -0.15) is 0 Å². The molecule has 20 heavy (non-hydrogen) atoms. The smallest absolute Gasteiger partial charge is 0.137 e.